The summed E-state index contributed by atoms with van der Waals surface area (Å²) in [5, 5.41) is 20.1. The van der Waals surface area contributed by atoms with E-state index in [4.69, 9.17) is 19.4 Å². The minimum Gasteiger partial charge on any atom is -0.455 e. The molecule has 0 unspecified atom stereocenters. The highest BCUT2D eigenvalue weighted by molar-refractivity contribution is 6.29. The second-order valence-electron chi connectivity index (χ2n) is 18.2. The fourth-order valence-corrected chi connectivity index (χ4v) is 11.3. The Morgan fingerprint density at radius 2 is 0.861 bits per heavy atom. The molecule has 0 N–H and O–H groups in total. The summed E-state index contributed by atoms with van der Waals surface area (Å²) in [4.78, 5) is 15.4. The van der Waals surface area contributed by atoms with Gasteiger partial charge < -0.3 is 18.1 Å². The summed E-state index contributed by atoms with van der Waals surface area (Å²) >= 11 is 0. The Labute approximate surface area is 411 Å². The van der Waals surface area contributed by atoms with Crippen molar-refractivity contribution in [2.24, 2.45) is 0 Å². The SMILES string of the molecule is N#Cc1cc(-c2nc(-c3ccccc3)nc(-c3ccccc3)n2)c2oc3ccccc3c2c1-n1c2ccccc2c2c1c(-n1c3ccccc3c3ccccc31)cc1c3ccccc3n(-c3ccccc3)c12. The Morgan fingerprint density at radius 3 is 1.46 bits per heavy atom. The van der Waals surface area contributed by atoms with Gasteiger partial charge in [0, 0.05) is 54.5 Å². The first kappa shape index (κ1) is 39.9. The van der Waals surface area contributed by atoms with Crippen molar-refractivity contribution in [1.29, 1.82) is 5.26 Å². The van der Waals surface area contributed by atoms with Crippen LogP contribution in [0.5, 0.6) is 0 Å². The molecule has 5 aromatic heterocycles. The number of hydrogen-bond donors (Lipinski definition) is 0. The molecule has 0 aliphatic heterocycles. The zero-order valence-corrected chi connectivity index (χ0v) is 38.4. The van der Waals surface area contributed by atoms with E-state index >= 15 is 0 Å². The summed E-state index contributed by atoms with van der Waals surface area (Å²) in [6, 6.07) is 80.2. The van der Waals surface area contributed by atoms with E-state index in [1.54, 1.807) is 0 Å². The number of fused-ring (bicyclic) bond motifs is 13. The number of nitriles is 1. The van der Waals surface area contributed by atoms with E-state index in [1.807, 2.05) is 84.9 Å². The van der Waals surface area contributed by atoms with Gasteiger partial charge in [-0.3, -0.25) is 0 Å². The largest absolute Gasteiger partial charge is 0.455 e. The lowest BCUT2D eigenvalue weighted by molar-refractivity contribution is 0.669. The molecule has 334 valence electrons. The van der Waals surface area contributed by atoms with Crippen molar-refractivity contribution in [2.45, 2.75) is 0 Å². The van der Waals surface area contributed by atoms with E-state index in [0.717, 1.165) is 98.7 Å². The van der Waals surface area contributed by atoms with Crippen molar-refractivity contribution >= 4 is 87.4 Å². The number of aromatic nitrogens is 6. The molecule has 0 bridgehead atoms. The molecule has 8 nitrogen and oxygen atoms in total. The van der Waals surface area contributed by atoms with Gasteiger partial charge in [-0.1, -0.05) is 170 Å². The van der Waals surface area contributed by atoms with E-state index in [-0.39, 0.29) is 0 Å². The monoisotopic (exact) mass is 919 g/mol. The van der Waals surface area contributed by atoms with E-state index < -0.39 is 0 Å². The Morgan fingerprint density at radius 1 is 0.389 bits per heavy atom. The van der Waals surface area contributed by atoms with Crippen LogP contribution in [0.2, 0.25) is 0 Å². The Kier molecular flexibility index (Phi) is 8.55. The van der Waals surface area contributed by atoms with Crippen LogP contribution >= 0.6 is 0 Å². The zero-order chi connectivity index (χ0) is 47.4. The molecular formula is C64H37N7O. The number of benzene rings is 10. The van der Waals surface area contributed by atoms with Gasteiger partial charge in [-0.15, -0.1) is 0 Å². The average molecular weight is 920 g/mol. The highest BCUT2D eigenvalue weighted by atomic mass is 16.3. The van der Waals surface area contributed by atoms with Gasteiger partial charge in [0.05, 0.1) is 61.0 Å². The molecule has 0 atom stereocenters. The van der Waals surface area contributed by atoms with Crippen LogP contribution in [0.25, 0.3) is 139 Å². The van der Waals surface area contributed by atoms with E-state index in [2.05, 4.69) is 159 Å². The lowest BCUT2D eigenvalue weighted by Gasteiger charge is -2.18. The molecule has 0 aliphatic rings. The average Bonchev–Trinajstić information content (AvgIpc) is 4.20. The molecule has 0 fully saturated rings. The quantitative estimate of drug-likeness (QED) is 0.166. The summed E-state index contributed by atoms with van der Waals surface area (Å²) < 4.78 is 14.2. The zero-order valence-electron chi connectivity index (χ0n) is 38.4. The third kappa shape index (κ3) is 5.70. The van der Waals surface area contributed by atoms with Crippen molar-refractivity contribution in [3.63, 3.8) is 0 Å². The van der Waals surface area contributed by atoms with Crippen LogP contribution in [0.3, 0.4) is 0 Å². The standard InChI is InChI=1S/C64H37N7O/c65-38-41-36-49(64-67-62(39-20-4-1-5-21-39)66-63(68-64)40-22-6-2-7-23-40)61-57(47-30-14-19-35-55(47)72-61)58(41)71-53-34-18-13-29-46(53)56-59-48(45-28-12-15-31-50(45)69(59)42-24-8-3-9-25-42)37-54(60(56)71)70-51-32-16-10-26-43(51)44-27-11-17-33-52(44)70/h1-37H. The normalized spacial score (nSPS) is 11.9. The minimum absolute atomic E-state index is 0.400. The minimum atomic E-state index is 0.400. The van der Waals surface area contributed by atoms with Crippen LogP contribution in [0.4, 0.5) is 0 Å². The number of furan rings is 1. The third-order valence-electron chi connectivity index (χ3n) is 14.3. The van der Waals surface area contributed by atoms with E-state index in [1.165, 1.54) is 0 Å². The van der Waals surface area contributed by atoms with Gasteiger partial charge in [0.15, 0.2) is 17.5 Å². The molecule has 0 saturated heterocycles. The molecule has 15 rings (SSSR count). The molecule has 0 amide bonds. The Bertz CT molecular complexity index is 4640. The van der Waals surface area contributed by atoms with Crippen molar-refractivity contribution in [1.82, 2.24) is 28.7 Å². The van der Waals surface area contributed by atoms with Crippen molar-refractivity contribution in [3.05, 3.63) is 230 Å². The lowest BCUT2D eigenvalue weighted by Crippen LogP contribution is -2.05. The van der Waals surface area contributed by atoms with Crippen LogP contribution in [0.1, 0.15) is 5.56 Å². The fourth-order valence-electron chi connectivity index (χ4n) is 11.3. The second-order valence-corrected chi connectivity index (χ2v) is 18.2. The van der Waals surface area contributed by atoms with Crippen molar-refractivity contribution in [3.8, 4) is 57.3 Å². The number of rotatable bonds is 6. The summed E-state index contributed by atoms with van der Waals surface area (Å²) in [7, 11) is 0. The summed E-state index contributed by atoms with van der Waals surface area (Å²) in [5.74, 6) is 1.43. The van der Waals surface area contributed by atoms with Crippen LogP contribution in [-0.2, 0) is 0 Å². The highest BCUT2D eigenvalue weighted by Gasteiger charge is 2.30. The maximum atomic E-state index is 11.8. The van der Waals surface area contributed by atoms with Crippen molar-refractivity contribution in [2.75, 3.05) is 0 Å². The molecule has 5 heterocycles. The topological polar surface area (TPSA) is 90.4 Å². The van der Waals surface area contributed by atoms with Gasteiger partial charge >= 0.3 is 0 Å². The smallest absolute Gasteiger partial charge is 0.167 e. The Hall–Kier alpha value is -10.1. The van der Waals surface area contributed by atoms with Crippen molar-refractivity contribution < 1.29 is 4.42 Å². The van der Waals surface area contributed by atoms with Crippen LogP contribution in [-0.4, -0.2) is 28.7 Å². The highest BCUT2D eigenvalue weighted by Crippen LogP contribution is 2.49. The number of nitrogens with zero attached hydrogens (tertiary/aromatic N) is 7. The van der Waals surface area contributed by atoms with Gasteiger partial charge in [0.2, 0.25) is 0 Å². The summed E-state index contributed by atoms with van der Waals surface area (Å²) in [6.07, 6.45) is 0. The fraction of sp³-hybridized carbons (Fsp3) is 0. The predicted octanol–water partition coefficient (Wildman–Crippen LogP) is 15.9. The maximum absolute atomic E-state index is 11.8. The molecule has 0 spiro atoms. The van der Waals surface area contributed by atoms with Crippen LogP contribution in [0, 0.1) is 11.3 Å². The number of para-hydroxylation sites is 6. The van der Waals surface area contributed by atoms with Gasteiger partial charge in [-0.05, 0) is 54.6 Å². The third-order valence-corrected chi connectivity index (χ3v) is 14.3. The van der Waals surface area contributed by atoms with Gasteiger partial charge in [0.1, 0.15) is 17.2 Å². The molecular weight excluding hydrogens is 883 g/mol. The lowest BCUT2D eigenvalue weighted by atomic mass is 10.0. The Balaban J connectivity index is 1.16. The predicted molar refractivity (Wildman–Crippen MR) is 291 cm³/mol. The molecule has 10 aromatic carbocycles. The molecule has 0 radical (unpaired) electrons. The molecule has 15 aromatic rings. The first-order chi connectivity index (χ1) is 35.7. The van der Waals surface area contributed by atoms with Crippen LogP contribution in [0.15, 0.2) is 229 Å². The maximum Gasteiger partial charge on any atom is 0.167 e. The van der Waals surface area contributed by atoms with E-state index in [0.29, 0.717) is 45.5 Å². The number of hydrogen-bond acceptors (Lipinski definition) is 5. The molecule has 0 aliphatic carbocycles. The first-order valence-corrected chi connectivity index (χ1v) is 24.0. The van der Waals surface area contributed by atoms with Gasteiger partial charge in [0.25, 0.3) is 0 Å². The van der Waals surface area contributed by atoms with Gasteiger partial charge in [-0.25, -0.2) is 15.0 Å². The summed E-state index contributed by atoms with van der Waals surface area (Å²) in [6.45, 7) is 0. The van der Waals surface area contributed by atoms with Gasteiger partial charge in [-0.2, -0.15) is 5.26 Å². The molecule has 72 heavy (non-hydrogen) atoms. The second kappa shape index (κ2) is 15.5. The molecule has 8 heteroatoms. The van der Waals surface area contributed by atoms with Crippen LogP contribution < -0.4 is 0 Å². The summed E-state index contributed by atoms with van der Waals surface area (Å²) in [5.41, 5.74) is 12.9. The molecule has 0 saturated carbocycles. The van der Waals surface area contributed by atoms with E-state index in [9.17, 15) is 5.26 Å². The first-order valence-electron chi connectivity index (χ1n) is 24.0.